The summed E-state index contributed by atoms with van der Waals surface area (Å²) in [4.78, 5) is 60.1. The molecule has 1 saturated heterocycles. The maximum atomic E-state index is 12.9. The molecule has 38 heavy (non-hydrogen) atoms. The van der Waals surface area contributed by atoms with E-state index in [0.29, 0.717) is 5.56 Å². The zero-order chi connectivity index (χ0) is 27.8. The van der Waals surface area contributed by atoms with E-state index < -0.39 is 60.5 Å². The molecule has 2 aromatic rings. The van der Waals surface area contributed by atoms with Gasteiger partial charge in [-0.3, -0.25) is 24.0 Å². The molecule has 3 rings (SSSR count). The average Bonchev–Trinajstić information content (AvgIpc) is 2.86. The number of esters is 4. The fraction of sp³-hybridized carbons (Fsp3) is 0.370. The molecule has 1 aliphatic heterocycles. The number of hydrogen-bond acceptors (Lipinski definition) is 10. The van der Waals surface area contributed by atoms with E-state index in [0.717, 1.165) is 38.8 Å². The summed E-state index contributed by atoms with van der Waals surface area (Å²) >= 11 is 0. The first-order valence-corrected chi connectivity index (χ1v) is 11.8. The lowest BCUT2D eigenvalue weighted by Crippen LogP contribution is -2.64. The molecule has 1 amide bonds. The van der Waals surface area contributed by atoms with Gasteiger partial charge in [0.2, 0.25) is 12.4 Å². The Morgan fingerprint density at radius 2 is 1.16 bits per heavy atom. The molecular formula is C27H29NO10. The Labute approximate surface area is 219 Å². The van der Waals surface area contributed by atoms with E-state index in [4.69, 9.17) is 23.7 Å². The van der Waals surface area contributed by atoms with Crippen LogP contribution < -0.4 is 5.32 Å². The second-order valence-corrected chi connectivity index (χ2v) is 8.53. The first kappa shape index (κ1) is 28.3. The fourth-order valence-corrected chi connectivity index (χ4v) is 4.02. The van der Waals surface area contributed by atoms with E-state index in [1.165, 1.54) is 0 Å². The highest BCUT2D eigenvalue weighted by molar-refractivity contribution is 5.94. The molecule has 1 N–H and O–H groups in total. The van der Waals surface area contributed by atoms with Crippen LogP contribution in [0.1, 0.15) is 38.1 Å². The summed E-state index contributed by atoms with van der Waals surface area (Å²) in [7, 11) is 0. The Kier molecular flexibility index (Phi) is 9.55. The van der Waals surface area contributed by atoms with E-state index in [-0.39, 0.29) is 6.54 Å². The summed E-state index contributed by atoms with van der Waals surface area (Å²) in [5.74, 6) is -3.50. The van der Waals surface area contributed by atoms with Gasteiger partial charge in [-0.25, -0.2) is 0 Å². The molecule has 0 saturated carbocycles. The van der Waals surface area contributed by atoms with E-state index in [2.05, 4.69) is 5.32 Å². The van der Waals surface area contributed by atoms with Crippen LogP contribution in [0.25, 0.3) is 11.1 Å². The van der Waals surface area contributed by atoms with Crippen LogP contribution in [-0.2, 0) is 42.9 Å². The van der Waals surface area contributed by atoms with Crippen LogP contribution in [0.5, 0.6) is 0 Å². The first-order valence-electron chi connectivity index (χ1n) is 11.8. The number of hydrogen-bond donors (Lipinski definition) is 1. The van der Waals surface area contributed by atoms with Crippen molar-refractivity contribution in [3.8, 4) is 11.1 Å². The van der Waals surface area contributed by atoms with Gasteiger partial charge in [-0.15, -0.1) is 0 Å². The molecule has 0 aliphatic carbocycles. The minimum absolute atomic E-state index is 0.223. The Morgan fingerprint density at radius 1 is 0.658 bits per heavy atom. The molecule has 1 heterocycles. The lowest BCUT2D eigenvalue weighted by molar-refractivity contribution is -0.294. The van der Waals surface area contributed by atoms with Crippen molar-refractivity contribution in [3.05, 3.63) is 60.2 Å². The van der Waals surface area contributed by atoms with Crippen molar-refractivity contribution in [2.45, 2.75) is 58.4 Å². The van der Waals surface area contributed by atoms with Crippen LogP contribution in [0.15, 0.2) is 54.6 Å². The van der Waals surface area contributed by atoms with Crippen molar-refractivity contribution in [3.63, 3.8) is 0 Å². The van der Waals surface area contributed by atoms with Gasteiger partial charge in [0.05, 0.1) is 0 Å². The maximum absolute atomic E-state index is 12.9. The number of benzene rings is 2. The Morgan fingerprint density at radius 3 is 1.71 bits per heavy atom. The summed E-state index contributed by atoms with van der Waals surface area (Å²) in [5.41, 5.74) is 2.28. The molecule has 0 bridgehead atoms. The topological polar surface area (TPSA) is 144 Å². The van der Waals surface area contributed by atoms with E-state index >= 15 is 0 Å². The minimum Gasteiger partial charge on any atom is -0.456 e. The molecule has 0 radical (unpaired) electrons. The average molecular weight is 528 g/mol. The Hall–Kier alpha value is -4.25. The standard InChI is InChI=1S/C27H29NO10/c1-15(29)34-23-22(38-27(37-18(4)32)25(36-17(3)31)24(23)35-16(2)30)14-28-26(33)21-12-10-20(11-13-21)19-8-6-5-7-9-19/h5-13,22-25,27H,14H2,1-4H3,(H,28,33)/t22-,23?,24?,25?,27?/m1/s1. The van der Waals surface area contributed by atoms with Gasteiger partial charge in [-0.2, -0.15) is 0 Å². The van der Waals surface area contributed by atoms with E-state index in [1.807, 2.05) is 30.3 Å². The van der Waals surface area contributed by atoms with Crippen molar-refractivity contribution in [1.82, 2.24) is 5.32 Å². The van der Waals surface area contributed by atoms with Gasteiger partial charge < -0.3 is 29.0 Å². The summed E-state index contributed by atoms with van der Waals surface area (Å²) in [6.07, 6.45) is -6.74. The van der Waals surface area contributed by atoms with Crippen molar-refractivity contribution >= 4 is 29.8 Å². The summed E-state index contributed by atoms with van der Waals surface area (Å²) in [6.45, 7) is 4.24. The first-order chi connectivity index (χ1) is 18.0. The molecule has 1 aliphatic rings. The van der Waals surface area contributed by atoms with Gasteiger partial charge >= 0.3 is 23.9 Å². The van der Waals surface area contributed by atoms with Gasteiger partial charge in [0, 0.05) is 39.8 Å². The number of rotatable bonds is 8. The SMILES string of the molecule is CC(=O)OC1O[C@H](CNC(=O)c2ccc(-c3ccccc3)cc2)C(OC(C)=O)C(OC(C)=O)C1OC(C)=O. The minimum atomic E-state index is -1.50. The zero-order valence-electron chi connectivity index (χ0n) is 21.4. The number of amides is 1. The van der Waals surface area contributed by atoms with Crippen molar-refractivity contribution in [2.75, 3.05) is 6.54 Å². The monoisotopic (exact) mass is 527 g/mol. The van der Waals surface area contributed by atoms with Crippen LogP contribution in [0.3, 0.4) is 0 Å². The lowest BCUT2D eigenvalue weighted by Gasteiger charge is -2.43. The lowest BCUT2D eigenvalue weighted by atomic mass is 9.97. The van der Waals surface area contributed by atoms with E-state index in [1.54, 1.807) is 24.3 Å². The Balaban J connectivity index is 1.82. The van der Waals surface area contributed by atoms with Gasteiger partial charge in [0.1, 0.15) is 6.10 Å². The van der Waals surface area contributed by atoms with Crippen LogP contribution in [0.2, 0.25) is 0 Å². The smallest absolute Gasteiger partial charge is 0.305 e. The highest BCUT2D eigenvalue weighted by Gasteiger charge is 2.53. The third-order valence-electron chi connectivity index (χ3n) is 5.50. The molecule has 0 aromatic heterocycles. The van der Waals surface area contributed by atoms with Crippen LogP contribution in [0, 0.1) is 0 Å². The second-order valence-electron chi connectivity index (χ2n) is 8.53. The number of carbonyl (C=O) groups is 5. The summed E-state index contributed by atoms with van der Waals surface area (Å²) < 4.78 is 26.9. The van der Waals surface area contributed by atoms with Gasteiger partial charge in [0.15, 0.2) is 12.2 Å². The van der Waals surface area contributed by atoms with Crippen LogP contribution >= 0.6 is 0 Å². The molecular weight excluding hydrogens is 498 g/mol. The second kappa shape index (κ2) is 12.8. The van der Waals surface area contributed by atoms with Crippen molar-refractivity contribution in [2.24, 2.45) is 0 Å². The zero-order valence-corrected chi connectivity index (χ0v) is 21.4. The predicted molar refractivity (Wildman–Crippen MR) is 131 cm³/mol. The van der Waals surface area contributed by atoms with E-state index in [9.17, 15) is 24.0 Å². The molecule has 1 fully saturated rings. The number of ether oxygens (including phenoxy) is 5. The summed E-state index contributed by atoms with van der Waals surface area (Å²) in [5, 5.41) is 2.69. The van der Waals surface area contributed by atoms with Gasteiger partial charge in [0.25, 0.3) is 5.91 Å². The molecule has 11 heteroatoms. The molecule has 202 valence electrons. The molecule has 5 atom stereocenters. The highest BCUT2D eigenvalue weighted by Crippen LogP contribution is 2.29. The Bertz CT molecular complexity index is 1160. The number of carbonyl (C=O) groups excluding carboxylic acids is 5. The van der Waals surface area contributed by atoms with Crippen molar-refractivity contribution < 1.29 is 47.7 Å². The van der Waals surface area contributed by atoms with Crippen molar-refractivity contribution in [1.29, 1.82) is 0 Å². The largest absolute Gasteiger partial charge is 0.456 e. The quantitative estimate of drug-likeness (QED) is 0.401. The highest BCUT2D eigenvalue weighted by atomic mass is 16.7. The molecule has 0 spiro atoms. The predicted octanol–water partition coefficient (Wildman–Crippen LogP) is 2.17. The fourth-order valence-electron chi connectivity index (χ4n) is 4.02. The molecule has 2 aromatic carbocycles. The van der Waals surface area contributed by atoms with Crippen LogP contribution in [-0.4, -0.2) is 67.0 Å². The molecule has 4 unspecified atom stereocenters. The molecule has 11 nitrogen and oxygen atoms in total. The van der Waals surface area contributed by atoms with Gasteiger partial charge in [-0.1, -0.05) is 42.5 Å². The maximum Gasteiger partial charge on any atom is 0.305 e. The summed E-state index contributed by atoms with van der Waals surface area (Å²) in [6, 6.07) is 16.6. The third kappa shape index (κ3) is 7.62. The van der Waals surface area contributed by atoms with Gasteiger partial charge in [-0.05, 0) is 23.3 Å². The number of nitrogens with one attached hydrogen (secondary N) is 1. The third-order valence-corrected chi connectivity index (χ3v) is 5.50. The normalized spacial score (nSPS) is 22.5. The van der Waals surface area contributed by atoms with Crippen LogP contribution in [0.4, 0.5) is 0 Å².